The molecule has 4 heteroatoms. The molecular formula is C32H60S2Sn2. The van der Waals surface area contributed by atoms with E-state index < -0.39 is 36.8 Å². The molecule has 0 atom stereocenters. The SMILES string of the molecule is CCCCCCCCCCc1[c]([Sn]([CH3])([CH3])[CH3])sc2c(CCCCCCCCCC)[c]([Sn]([CH3])([CH3])[CH3])sc12. The summed E-state index contributed by atoms with van der Waals surface area (Å²) in [6.45, 7) is 4.64. The molecule has 0 fully saturated rings. The third-order valence-electron chi connectivity index (χ3n) is 7.63. The molecule has 208 valence electrons. The standard InChI is InChI=1S/C26H42S2.6CH3.2Sn/c1-3-5-7-9-11-13-15-17-19-23-21-27-26-24(22-28-25(23)26)20-18-16-14-12-10-8-6-4-2;;;;;;;;/h3-20H2,1-2H3;6*1H3;;. The van der Waals surface area contributed by atoms with Gasteiger partial charge in [0, 0.05) is 0 Å². The van der Waals surface area contributed by atoms with Crippen LogP contribution in [0.25, 0.3) is 9.40 Å². The average molecular weight is 746 g/mol. The Bertz CT molecular complexity index is 791. The van der Waals surface area contributed by atoms with Crippen molar-refractivity contribution in [1.29, 1.82) is 0 Å². The van der Waals surface area contributed by atoms with Crippen LogP contribution in [0.3, 0.4) is 0 Å². The second-order valence-corrected chi connectivity index (χ2v) is 46.1. The van der Waals surface area contributed by atoms with Crippen LogP contribution < -0.4 is 5.79 Å². The second-order valence-electron chi connectivity index (χ2n) is 13.4. The third kappa shape index (κ3) is 11.0. The molecule has 2 aromatic rings. The van der Waals surface area contributed by atoms with E-state index in [9.17, 15) is 0 Å². The molecule has 0 saturated heterocycles. The van der Waals surface area contributed by atoms with Crippen molar-refractivity contribution in [3.8, 4) is 0 Å². The summed E-state index contributed by atoms with van der Waals surface area (Å²) in [6, 6.07) is 0. The topological polar surface area (TPSA) is 0 Å². The van der Waals surface area contributed by atoms with E-state index in [0.29, 0.717) is 0 Å². The summed E-state index contributed by atoms with van der Waals surface area (Å²) in [4.78, 5) is 15.9. The van der Waals surface area contributed by atoms with Gasteiger partial charge in [0.1, 0.15) is 0 Å². The van der Waals surface area contributed by atoms with E-state index in [1.807, 2.05) is 16.9 Å². The molecule has 0 bridgehead atoms. The van der Waals surface area contributed by atoms with Crippen LogP contribution in [0.2, 0.25) is 29.6 Å². The summed E-state index contributed by atoms with van der Waals surface area (Å²) in [7, 11) is 0. The van der Waals surface area contributed by atoms with E-state index in [-0.39, 0.29) is 0 Å². The van der Waals surface area contributed by atoms with E-state index in [1.165, 1.54) is 116 Å². The van der Waals surface area contributed by atoms with Crippen molar-refractivity contribution in [2.75, 3.05) is 0 Å². The van der Waals surface area contributed by atoms with Crippen LogP contribution in [-0.4, -0.2) is 36.8 Å². The molecule has 2 aromatic heterocycles. The van der Waals surface area contributed by atoms with Crippen molar-refractivity contribution in [3.05, 3.63) is 11.1 Å². The molecule has 2 heterocycles. The number of thiophene rings is 2. The fourth-order valence-corrected chi connectivity index (χ4v) is 22.8. The van der Waals surface area contributed by atoms with Gasteiger partial charge in [-0.05, 0) is 0 Å². The predicted octanol–water partition coefficient (Wildman–Crippen LogP) is 11.4. The fourth-order valence-electron chi connectivity index (χ4n) is 5.56. The number of hydrogen-bond acceptors (Lipinski definition) is 2. The number of rotatable bonds is 20. The number of fused-ring (bicyclic) bond motifs is 1. The van der Waals surface area contributed by atoms with Gasteiger partial charge in [-0.15, -0.1) is 0 Å². The van der Waals surface area contributed by atoms with Crippen molar-refractivity contribution in [2.24, 2.45) is 0 Å². The molecule has 0 N–H and O–H groups in total. The Kier molecular flexibility index (Phi) is 15.9. The summed E-state index contributed by atoms with van der Waals surface area (Å²) in [6.07, 6.45) is 25.6. The molecule has 0 aliphatic heterocycles. The molecule has 0 spiro atoms. The van der Waals surface area contributed by atoms with Crippen LogP contribution in [-0.2, 0) is 12.8 Å². The summed E-state index contributed by atoms with van der Waals surface area (Å²) >= 11 is 0.314. The van der Waals surface area contributed by atoms with E-state index in [4.69, 9.17) is 0 Å². The Balaban J connectivity index is 2.12. The van der Waals surface area contributed by atoms with Gasteiger partial charge in [-0.3, -0.25) is 0 Å². The number of aryl methyl sites for hydroxylation is 2. The molecule has 0 saturated carbocycles. The first-order chi connectivity index (χ1) is 17.1. The molecule has 0 radical (unpaired) electrons. The molecule has 2 rings (SSSR count). The van der Waals surface area contributed by atoms with E-state index in [0.717, 1.165) is 0 Å². The van der Waals surface area contributed by atoms with Gasteiger partial charge in [0.05, 0.1) is 0 Å². The first-order valence-electron chi connectivity index (χ1n) is 15.7. The molecule has 0 aliphatic rings. The molecule has 0 amide bonds. The Morgan fingerprint density at radius 3 is 0.972 bits per heavy atom. The van der Waals surface area contributed by atoms with Gasteiger partial charge in [-0.2, -0.15) is 0 Å². The number of unbranched alkanes of at least 4 members (excludes halogenated alkanes) is 14. The van der Waals surface area contributed by atoms with Crippen LogP contribution in [0.4, 0.5) is 0 Å². The van der Waals surface area contributed by atoms with Gasteiger partial charge in [-0.25, -0.2) is 0 Å². The van der Waals surface area contributed by atoms with Crippen molar-refractivity contribution < 1.29 is 0 Å². The zero-order valence-corrected chi connectivity index (χ0v) is 32.9. The van der Waals surface area contributed by atoms with Crippen molar-refractivity contribution in [2.45, 2.75) is 159 Å². The van der Waals surface area contributed by atoms with E-state index >= 15 is 0 Å². The molecule has 36 heavy (non-hydrogen) atoms. The normalized spacial score (nSPS) is 12.8. The third-order valence-corrected chi connectivity index (χ3v) is 29.4. The monoisotopic (exact) mass is 748 g/mol. The Morgan fingerprint density at radius 1 is 0.417 bits per heavy atom. The average Bonchev–Trinajstić information content (AvgIpc) is 3.34. The summed E-state index contributed by atoms with van der Waals surface area (Å²) in [5, 5.41) is 0. The zero-order valence-electron chi connectivity index (χ0n) is 25.5. The van der Waals surface area contributed by atoms with Gasteiger partial charge < -0.3 is 0 Å². The van der Waals surface area contributed by atoms with Crippen molar-refractivity contribution >= 4 is 74.6 Å². The van der Waals surface area contributed by atoms with Gasteiger partial charge >= 0.3 is 245 Å². The molecule has 0 aromatic carbocycles. The van der Waals surface area contributed by atoms with E-state index in [2.05, 4.69) is 66.2 Å². The van der Waals surface area contributed by atoms with Gasteiger partial charge in [0.15, 0.2) is 0 Å². The molecule has 0 unspecified atom stereocenters. The molecule has 0 nitrogen and oxygen atoms in total. The van der Waals surface area contributed by atoms with Crippen molar-refractivity contribution in [3.63, 3.8) is 0 Å². The van der Waals surface area contributed by atoms with E-state index in [1.54, 1.807) is 9.40 Å². The Morgan fingerprint density at radius 2 is 0.694 bits per heavy atom. The quantitative estimate of drug-likeness (QED) is 0.0935. The zero-order chi connectivity index (χ0) is 26.6. The first kappa shape index (κ1) is 33.5. The summed E-state index contributed by atoms with van der Waals surface area (Å²) in [5.74, 6) is 0. The summed E-state index contributed by atoms with van der Waals surface area (Å²) < 4.78 is 7.34. The number of hydrogen-bond donors (Lipinski definition) is 0. The minimum absolute atomic E-state index is 1.36. The molecule has 0 aliphatic carbocycles. The fraction of sp³-hybridized carbons (Fsp3) is 0.812. The maximum atomic E-state index is 2.66. The first-order valence-corrected chi connectivity index (χ1v) is 37.3. The van der Waals surface area contributed by atoms with Crippen LogP contribution >= 0.6 is 22.7 Å². The Labute approximate surface area is 242 Å². The van der Waals surface area contributed by atoms with Gasteiger partial charge in [0.2, 0.25) is 0 Å². The predicted molar refractivity (Wildman–Crippen MR) is 178 cm³/mol. The second kappa shape index (κ2) is 17.2. The minimum atomic E-state index is -2.13. The summed E-state index contributed by atoms with van der Waals surface area (Å²) in [5.41, 5.74) is 3.68. The van der Waals surface area contributed by atoms with Crippen LogP contribution in [0.15, 0.2) is 0 Å². The van der Waals surface area contributed by atoms with Crippen LogP contribution in [0.5, 0.6) is 0 Å². The van der Waals surface area contributed by atoms with Crippen molar-refractivity contribution in [1.82, 2.24) is 0 Å². The Hall–Kier alpha value is 1.26. The van der Waals surface area contributed by atoms with Gasteiger partial charge in [0.25, 0.3) is 0 Å². The molecular weight excluding hydrogens is 686 g/mol. The maximum absolute atomic E-state index is 2.66. The van der Waals surface area contributed by atoms with Crippen LogP contribution in [0, 0.1) is 0 Å². The van der Waals surface area contributed by atoms with Gasteiger partial charge in [-0.1, -0.05) is 0 Å². The van der Waals surface area contributed by atoms with Crippen LogP contribution in [0.1, 0.15) is 128 Å².